The largest absolute Gasteiger partial charge is 0.384 e. The van der Waals surface area contributed by atoms with Gasteiger partial charge in [0.1, 0.15) is 5.60 Å². The molecular weight excluding hydrogens is 210 g/mol. The summed E-state index contributed by atoms with van der Waals surface area (Å²) < 4.78 is 0. The fraction of sp³-hybridized carbons (Fsp3) is 0.500. The predicted octanol–water partition coefficient (Wildman–Crippen LogP) is 2.30. The number of hydrogen-bond acceptors (Lipinski definition) is 2. The Labute approximate surface area is 95.3 Å². The quantitative estimate of drug-likeness (QED) is 0.810. The lowest BCUT2D eigenvalue weighted by Gasteiger charge is -2.30. The fourth-order valence-corrected chi connectivity index (χ4v) is 2.67. The summed E-state index contributed by atoms with van der Waals surface area (Å²) in [6, 6.07) is 7.66. The molecule has 82 valence electrons. The van der Waals surface area contributed by atoms with E-state index >= 15 is 0 Å². The average Bonchev–Trinajstić information content (AvgIpc) is 2.61. The number of rotatable bonds is 2. The van der Waals surface area contributed by atoms with Crippen LogP contribution in [-0.2, 0) is 5.60 Å². The maximum Gasteiger partial charge on any atom is 0.105 e. The van der Waals surface area contributed by atoms with Crippen molar-refractivity contribution in [3.8, 4) is 0 Å². The third-order valence-corrected chi connectivity index (χ3v) is 3.54. The Morgan fingerprint density at radius 1 is 1.53 bits per heavy atom. The first-order valence-electron chi connectivity index (χ1n) is 5.32. The van der Waals surface area contributed by atoms with E-state index in [4.69, 9.17) is 11.6 Å². The van der Waals surface area contributed by atoms with Gasteiger partial charge in [0, 0.05) is 11.1 Å². The van der Waals surface area contributed by atoms with Gasteiger partial charge in [-0.1, -0.05) is 23.7 Å². The fourth-order valence-electron chi connectivity index (χ4n) is 2.48. The first-order chi connectivity index (χ1) is 7.16. The van der Waals surface area contributed by atoms with Crippen LogP contribution in [0.25, 0.3) is 0 Å². The summed E-state index contributed by atoms with van der Waals surface area (Å²) >= 11 is 5.94. The molecule has 0 amide bonds. The summed E-state index contributed by atoms with van der Waals surface area (Å²) in [7, 11) is 1.89. The number of halogens is 1. The van der Waals surface area contributed by atoms with Crippen molar-refractivity contribution in [1.82, 2.24) is 5.32 Å². The molecule has 0 aliphatic heterocycles. The van der Waals surface area contributed by atoms with Crippen LogP contribution >= 0.6 is 11.6 Å². The maximum absolute atomic E-state index is 10.6. The normalized spacial score (nSPS) is 30.7. The van der Waals surface area contributed by atoms with Crippen LogP contribution in [0.3, 0.4) is 0 Å². The van der Waals surface area contributed by atoms with Gasteiger partial charge in [-0.2, -0.15) is 0 Å². The van der Waals surface area contributed by atoms with Crippen molar-refractivity contribution in [2.75, 3.05) is 7.05 Å². The number of hydrogen-bond donors (Lipinski definition) is 2. The van der Waals surface area contributed by atoms with Gasteiger partial charge in [-0.15, -0.1) is 0 Å². The van der Waals surface area contributed by atoms with E-state index in [9.17, 15) is 5.11 Å². The van der Waals surface area contributed by atoms with Crippen LogP contribution in [0.5, 0.6) is 0 Å². The average molecular weight is 226 g/mol. The van der Waals surface area contributed by atoms with Gasteiger partial charge in [-0.05, 0) is 44.0 Å². The Morgan fingerprint density at radius 3 is 3.00 bits per heavy atom. The highest BCUT2D eigenvalue weighted by Crippen LogP contribution is 2.39. The lowest BCUT2D eigenvalue weighted by atomic mass is 9.89. The van der Waals surface area contributed by atoms with Gasteiger partial charge in [0.05, 0.1) is 0 Å². The van der Waals surface area contributed by atoms with Gasteiger partial charge in [-0.25, -0.2) is 0 Å². The molecule has 1 fully saturated rings. The van der Waals surface area contributed by atoms with Crippen LogP contribution in [0.15, 0.2) is 24.3 Å². The van der Waals surface area contributed by atoms with Crippen molar-refractivity contribution in [1.29, 1.82) is 0 Å². The van der Waals surface area contributed by atoms with Gasteiger partial charge >= 0.3 is 0 Å². The molecule has 2 N–H and O–H groups in total. The summed E-state index contributed by atoms with van der Waals surface area (Å²) in [6.07, 6.45) is 2.87. The highest BCUT2D eigenvalue weighted by molar-refractivity contribution is 6.30. The van der Waals surface area contributed by atoms with E-state index in [1.54, 1.807) is 0 Å². The molecule has 1 aliphatic carbocycles. The lowest BCUT2D eigenvalue weighted by molar-refractivity contribution is 0.0185. The molecule has 1 aromatic carbocycles. The standard InChI is InChI=1S/C12H16ClNO/c1-14-11-6-3-7-12(11,15)9-4-2-5-10(13)8-9/h2,4-5,8,11,14-15H,3,6-7H2,1H3. The summed E-state index contributed by atoms with van der Waals surface area (Å²) in [4.78, 5) is 0. The second-order valence-corrected chi connectivity index (χ2v) is 4.60. The zero-order valence-corrected chi connectivity index (χ0v) is 9.59. The molecule has 0 saturated heterocycles. The number of benzene rings is 1. The molecular formula is C12H16ClNO. The highest BCUT2D eigenvalue weighted by atomic mass is 35.5. The summed E-state index contributed by atoms with van der Waals surface area (Å²) in [5.74, 6) is 0. The predicted molar refractivity (Wildman–Crippen MR) is 62.0 cm³/mol. The Hall–Kier alpha value is -0.570. The molecule has 0 spiro atoms. The van der Waals surface area contributed by atoms with Crippen molar-refractivity contribution < 1.29 is 5.11 Å². The Bertz CT molecular complexity index is 355. The summed E-state index contributed by atoms with van der Waals surface area (Å²) in [5, 5.41) is 14.5. The second-order valence-electron chi connectivity index (χ2n) is 4.17. The zero-order valence-electron chi connectivity index (χ0n) is 8.83. The summed E-state index contributed by atoms with van der Waals surface area (Å²) in [6.45, 7) is 0. The monoisotopic (exact) mass is 225 g/mol. The number of likely N-dealkylation sites (N-methyl/N-ethyl adjacent to an activating group) is 1. The van der Waals surface area contributed by atoms with Crippen molar-refractivity contribution >= 4 is 11.6 Å². The first-order valence-corrected chi connectivity index (χ1v) is 5.70. The van der Waals surface area contributed by atoms with Crippen LogP contribution in [0.4, 0.5) is 0 Å². The Kier molecular flexibility index (Phi) is 3.01. The molecule has 1 aromatic rings. The topological polar surface area (TPSA) is 32.3 Å². The minimum absolute atomic E-state index is 0.135. The molecule has 2 unspecified atom stereocenters. The molecule has 0 bridgehead atoms. The van der Waals surface area contributed by atoms with Crippen molar-refractivity contribution in [2.45, 2.75) is 30.9 Å². The van der Waals surface area contributed by atoms with Gasteiger partial charge < -0.3 is 10.4 Å². The van der Waals surface area contributed by atoms with E-state index < -0.39 is 5.60 Å². The van der Waals surface area contributed by atoms with E-state index in [0.29, 0.717) is 5.02 Å². The van der Waals surface area contributed by atoms with Crippen LogP contribution in [0.2, 0.25) is 5.02 Å². The Morgan fingerprint density at radius 2 is 2.33 bits per heavy atom. The van der Waals surface area contributed by atoms with Crippen LogP contribution in [0.1, 0.15) is 24.8 Å². The Balaban J connectivity index is 2.36. The SMILES string of the molecule is CNC1CCCC1(O)c1cccc(Cl)c1. The van der Waals surface area contributed by atoms with Crippen LogP contribution in [-0.4, -0.2) is 18.2 Å². The van der Waals surface area contributed by atoms with Crippen molar-refractivity contribution in [3.63, 3.8) is 0 Å². The lowest BCUT2D eigenvalue weighted by Crippen LogP contribution is -2.42. The molecule has 1 saturated carbocycles. The maximum atomic E-state index is 10.6. The molecule has 2 atom stereocenters. The second kappa shape index (κ2) is 4.12. The number of aliphatic hydroxyl groups is 1. The first kappa shape index (κ1) is 10.9. The molecule has 2 rings (SSSR count). The molecule has 15 heavy (non-hydrogen) atoms. The minimum Gasteiger partial charge on any atom is -0.384 e. The number of nitrogens with one attached hydrogen (secondary N) is 1. The van der Waals surface area contributed by atoms with Crippen LogP contribution < -0.4 is 5.32 Å². The van der Waals surface area contributed by atoms with Gasteiger partial charge in [0.25, 0.3) is 0 Å². The van der Waals surface area contributed by atoms with Gasteiger partial charge in [0.15, 0.2) is 0 Å². The molecule has 2 nitrogen and oxygen atoms in total. The molecule has 0 heterocycles. The third kappa shape index (κ3) is 1.89. The van der Waals surface area contributed by atoms with E-state index in [2.05, 4.69) is 5.32 Å². The minimum atomic E-state index is -0.750. The van der Waals surface area contributed by atoms with E-state index in [1.165, 1.54) is 0 Å². The smallest absolute Gasteiger partial charge is 0.105 e. The zero-order chi connectivity index (χ0) is 10.9. The molecule has 3 heteroatoms. The van der Waals surface area contributed by atoms with Crippen LogP contribution in [0, 0.1) is 0 Å². The van der Waals surface area contributed by atoms with Crippen molar-refractivity contribution in [3.05, 3.63) is 34.9 Å². The molecule has 0 radical (unpaired) electrons. The molecule has 0 aromatic heterocycles. The summed E-state index contributed by atoms with van der Waals surface area (Å²) in [5.41, 5.74) is 0.173. The molecule has 1 aliphatic rings. The van der Waals surface area contributed by atoms with Gasteiger partial charge in [-0.3, -0.25) is 0 Å². The van der Waals surface area contributed by atoms with Gasteiger partial charge in [0.2, 0.25) is 0 Å². The highest BCUT2D eigenvalue weighted by Gasteiger charge is 2.41. The van der Waals surface area contributed by atoms with E-state index in [1.807, 2.05) is 31.3 Å². The van der Waals surface area contributed by atoms with E-state index in [-0.39, 0.29) is 6.04 Å². The third-order valence-electron chi connectivity index (χ3n) is 3.30. The van der Waals surface area contributed by atoms with Crippen molar-refractivity contribution in [2.24, 2.45) is 0 Å². The van der Waals surface area contributed by atoms with E-state index in [0.717, 1.165) is 24.8 Å².